The summed E-state index contributed by atoms with van der Waals surface area (Å²) in [7, 11) is 0. The van der Waals surface area contributed by atoms with Crippen LogP contribution in [0, 0.1) is 26.7 Å². The molecule has 0 aromatic heterocycles. The molecule has 2 rings (SSSR count). The van der Waals surface area contributed by atoms with Crippen molar-refractivity contribution in [1.29, 1.82) is 0 Å². The van der Waals surface area contributed by atoms with Gasteiger partial charge in [0.25, 0.3) is 0 Å². The van der Waals surface area contributed by atoms with Gasteiger partial charge in [0, 0.05) is 0 Å². The molecule has 1 aliphatic rings. The Morgan fingerprint density at radius 1 is 1.22 bits per heavy atom. The second kappa shape index (κ2) is 6.35. The number of aryl methyl sites for hydroxylation is 3. The second-order valence-electron chi connectivity index (χ2n) is 5.69. The summed E-state index contributed by atoms with van der Waals surface area (Å²) in [4.78, 5) is 0. The summed E-state index contributed by atoms with van der Waals surface area (Å²) in [5, 5.41) is 7.02. The minimum Gasteiger partial charge on any atom is -0.316 e. The fourth-order valence-corrected chi connectivity index (χ4v) is 3.01. The van der Waals surface area contributed by atoms with Gasteiger partial charge in [-0.1, -0.05) is 17.7 Å². The molecule has 0 aliphatic carbocycles. The summed E-state index contributed by atoms with van der Waals surface area (Å²) in [6, 6.07) is 4.59. The molecule has 0 amide bonds. The number of benzene rings is 1. The van der Waals surface area contributed by atoms with Gasteiger partial charge in [-0.3, -0.25) is 0 Å². The number of hydrogen-bond acceptors (Lipinski definition) is 2. The Kier molecular flexibility index (Phi) is 4.79. The molecule has 2 nitrogen and oxygen atoms in total. The van der Waals surface area contributed by atoms with Crippen LogP contribution in [0.1, 0.15) is 28.7 Å². The van der Waals surface area contributed by atoms with E-state index in [-0.39, 0.29) is 0 Å². The normalized spacial score (nSPS) is 19.4. The highest BCUT2D eigenvalue weighted by atomic mass is 14.9. The van der Waals surface area contributed by atoms with Crippen molar-refractivity contribution in [3.63, 3.8) is 0 Å². The van der Waals surface area contributed by atoms with E-state index in [4.69, 9.17) is 0 Å². The van der Waals surface area contributed by atoms with Gasteiger partial charge in [0.1, 0.15) is 0 Å². The van der Waals surface area contributed by atoms with Gasteiger partial charge < -0.3 is 10.6 Å². The van der Waals surface area contributed by atoms with Crippen LogP contribution >= 0.6 is 0 Å². The van der Waals surface area contributed by atoms with Crippen LogP contribution in [0.2, 0.25) is 0 Å². The van der Waals surface area contributed by atoms with Gasteiger partial charge in [-0.15, -0.1) is 0 Å². The summed E-state index contributed by atoms with van der Waals surface area (Å²) < 4.78 is 0. The molecule has 0 radical (unpaired) electrons. The minimum atomic E-state index is 0.838. The van der Waals surface area contributed by atoms with Gasteiger partial charge in [0.2, 0.25) is 0 Å². The van der Waals surface area contributed by atoms with Gasteiger partial charge in [0.15, 0.2) is 0 Å². The minimum absolute atomic E-state index is 0.838. The van der Waals surface area contributed by atoms with Crippen molar-refractivity contribution >= 4 is 0 Å². The Morgan fingerprint density at radius 3 is 2.56 bits per heavy atom. The monoisotopic (exact) mass is 246 g/mol. The molecular formula is C16H26N2. The summed E-state index contributed by atoms with van der Waals surface area (Å²) in [6.07, 6.45) is 2.48. The zero-order valence-electron chi connectivity index (χ0n) is 12.0. The van der Waals surface area contributed by atoms with E-state index in [1.807, 2.05) is 0 Å². The van der Waals surface area contributed by atoms with Crippen molar-refractivity contribution < 1.29 is 0 Å². The van der Waals surface area contributed by atoms with Gasteiger partial charge in [-0.2, -0.15) is 0 Å². The molecule has 1 aromatic carbocycles. The lowest BCUT2D eigenvalue weighted by atomic mass is 9.97. The molecule has 1 atom stereocenters. The maximum atomic E-state index is 3.60. The molecule has 1 aliphatic heterocycles. The molecule has 2 heteroatoms. The predicted octanol–water partition coefficient (Wildman–Crippen LogP) is 2.35. The molecule has 1 heterocycles. The molecule has 0 saturated carbocycles. The van der Waals surface area contributed by atoms with Crippen molar-refractivity contribution in [2.24, 2.45) is 5.92 Å². The van der Waals surface area contributed by atoms with E-state index in [0.29, 0.717) is 0 Å². The van der Waals surface area contributed by atoms with E-state index >= 15 is 0 Å². The third kappa shape index (κ3) is 3.56. The number of nitrogens with one attached hydrogen (secondary N) is 2. The highest BCUT2D eigenvalue weighted by Crippen LogP contribution is 2.16. The molecule has 1 saturated heterocycles. The molecule has 1 fully saturated rings. The molecule has 1 unspecified atom stereocenters. The first-order valence-corrected chi connectivity index (χ1v) is 7.15. The smallest absolute Gasteiger partial charge is 0.000777 e. The van der Waals surface area contributed by atoms with Crippen LogP contribution in [0.3, 0.4) is 0 Å². The lowest BCUT2D eigenvalue weighted by Crippen LogP contribution is -2.26. The molecule has 2 N–H and O–H groups in total. The first-order chi connectivity index (χ1) is 8.66. The Hall–Kier alpha value is -0.860. The summed E-state index contributed by atoms with van der Waals surface area (Å²) in [5.41, 5.74) is 5.78. The maximum absolute atomic E-state index is 3.60. The Bertz CT molecular complexity index is 369. The van der Waals surface area contributed by atoms with Crippen molar-refractivity contribution in [3.8, 4) is 0 Å². The van der Waals surface area contributed by atoms with Gasteiger partial charge in [0.05, 0.1) is 0 Å². The number of rotatable bonds is 5. The fourth-order valence-electron chi connectivity index (χ4n) is 3.01. The molecule has 100 valence electrons. The largest absolute Gasteiger partial charge is 0.316 e. The Morgan fingerprint density at radius 2 is 1.94 bits per heavy atom. The van der Waals surface area contributed by atoms with E-state index in [0.717, 1.165) is 25.4 Å². The fraction of sp³-hybridized carbons (Fsp3) is 0.625. The van der Waals surface area contributed by atoms with Crippen LogP contribution in [0.5, 0.6) is 0 Å². The first kappa shape index (κ1) is 13.6. The third-order valence-electron chi connectivity index (χ3n) is 3.99. The second-order valence-corrected chi connectivity index (χ2v) is 5.69. The molecule has 18 heavy (non-hydrogen) atoms. The molecule has 0 spiro atoms. The average Bonchev–Trinajstić information content (AvgIpc) is 2.79. The summed E-state index contributed by atoms with van der Waals surface area (Å²) >= 11 is 0. The van der Waals surface area contributed by atoms with E-state index in [2.05, 4.69) is 43.5 Å². The van der Waals surface area contributed by atoms with E-state index in [1.54, 1.807) is 0 Å². The Balaban J connectivity index is 1.79. The third-order valence-corrected chi connectivity index (χ3v) is 3.99. The standard InChI is InChI=1S/C16H26N2/c1-12-8-13(2)16(14(3)9-12)5-7-18-11-15-4-6-17-10-15/h8-9,15,17-18H,4-7,10-11H2,1-3H3. The Labute approximate surface area is 111 Å². The van der Waals surface area contributed by atoms with Crippen LogP contribution in [0.25, 0.3) is 0 Å². The van der Waals surface area contributed by atoms with Gasteiger partial charge >= 0.3 is 0 Å². The summed E-state index contributed by atoms with van der Waals surface area (Å²) in [5.74, 6) is 0.838. The van der Waals surface area contributed by atoms with Crippen LogP contribution in [-0.2, 0) is 6.42 Å². The van der Waals surface area contributed by atoms with Crippen molar-refractivity contribution in [1.82, 2.24) is 10.6 Å². The van der Waals surface area contributed by atoms with Crippen molar-refractivity contribution in [3.05, 3.63) is 34.4 Å². The quantitative estimate of drug-likeness (QED) is 0.779. The van der Waals surface area contributed by atoms with Crippen LogP contribution in [0.15, 0.2) is 12.1 Å². The van der Waals surface area contributed by atoms with E-state index in [9.17, 15) is 0 Å². The lowest BCUT2D eigenvalue weighted by Gasteiger charge is -2.13. The first-order valence-electron chi connectivity index (χ1n) is 7.15. The lowest BCUT2D eigenvalue weighted by molar-refractivity contribution is 0.514. The highest BCUT2D eigenvalue weighted by molar-refractivity contribution is 5.37. The topological polar surface area (TPSA) is 24.1 Å². The molecule has 0 bridgehead atoms. The molecule has 1 aromatic rings. The van der Waals surface area contributed by atoms with Crippen LogP contribution in [0.4, 0.5) is 0 Å². The highest BCUT2D eigenvalue weighted by Gasteiger charge is 2.13. The van der Waals surface area contributed by atoms with Gasteiger partial charge in [-0.05, 0) is 82.4 Å². The number of hydrogen-bond donors (Lipinski definition) is 2. The van der Waals surface area contributed by atoms with E-state index in [1.165, 1.54) is 41.8 Å². The van der Waals surface area contributed by atoms with E-state index < -0.39 is 0 Å². The predicted molar refractivity (Wildman–Crippen MR) is 78.2 cm³/mol. The maximum Gasteiger partial charge on any atom is -0.000777 e. The van der Waals surface area contributed by atoms with Crippen LogP contribution < -0.4 is 10.6 Å². The van der Waals surface area contributed by atoms with Gasteiger partial charge in [-0.25, -0.2) is 0 Å². The molecular weight excluding hydrogens is 220 g/mol. The van der Waals surface area contributed by atoms with Crippen molar-refractivity contribution in [2.75, 3.05) is 26.2 Å². The van der Waals surface area contributed by atoms with Crippen LogP contribution in [-0.4, -0.2) is 26.2 Å². The van der Waals surface area contributed by atoms with Crippen molar-refractivity contribution in [2.45, 2.75) is 33.6 Å². The zero-order valence-corrected chi connectivity index (χ0v) is 12.0. The summed E-state index contributed by atoms with van der Waals surface area (Å²) in [6.45, 7) is 11.3. The SMILES string of the molecule is Cc1cc(C)c(CCNCC2CCNC2)c(C)c1. The average molecular weight is 246 g/mol. The zero-order chi connectivity index (χ0) is 13.0.